The Kier molecular flexibility index (Phi) is 4.54. The molecule has 0 N–H and O–H groups in total. The maximum Gasteiger partial charge on any atom is 0.281 e. The van der Waals surface area contributed by atoms with Crippen molar-refractivity contribution in [3.8, 4) is 0 Å². The second-order valence-electron chi connectivity index (χ2n) is 6.26. The lowest BCUT2D eigenvalue weighted by Gasteiger charge is -2.34. The quantitative estimate of drug-likeness (QED) is 0.710. The third-order valence-electron chi connectivity index (χ3n) is 4.48. The Morgan fingerprint density at radius 2 is 1.87 bits per heavy atom. The van der Waals surface area contributed by atoms with Crippen LogP contribution in [0.25, 0.3) is 0 Å². The van der Waals surface area contributed by atoms with Gasteiger partial charge in [0.15, 0.2) is 0 Å². The molecule has 0 unspecified atom stereocenters. The lowest BCUT2D eigenvalue weighted by Crippen LogP contribution is -2.52. The molecule has 0 bridgehead atoms. The maximum atomic E-state index is 12.1. The Morgan fingerprint density at radius 3 is 2.52 bits per heavy atom. The molecule has 0 radical (unpaired) electrons. The number of aryl methyl sites for hydroxylation is 2. The van der Waals surface area contributed by atoms with Crippen molar-refractivity contribution in [2.45, 2.75) is 25.9 Å². The summed E-state index contributed by atoms with van der Waals surface area (Å²) in [4.78, 5) is 14.2. The fraction of sp³-hybridized carbons (Fsp3) is 0.714. The predicted molar refractivity (Wildman–Crippen MR) is 86.3 cm³/mol. The van der Waals surface area contributed by atoms with E-state index in [2.05, 4.69) is 10.00 Å². The molecule has 1 saturated heterocycles. The molecule has 3 rings (SSSR count). The first-order valence-electron chi connectivity index (χ1n) is 7.88. The average Bonchev–Trinajstić information content (AvgIpc) is 2.95. The predicted octanol–water partition coefficient (Wildman–Crippen LogP) is -0.886. The van der Waals surface area contributed by atoms with Crippen molar-refractivity contribution in [3.05, 3.63) is 27.7 Å². The first kappa shape index (κ1) is 16.6. The summed E-state index contributed by atoms with van der Waals surface area (Å²) in [6, 6.07) is 1.70. The zero-order valence-corrected chi connectivity index (χ0v) is 14.4. The van der Waals surface area contributed by atoms with E-state index in [9.17, 15) is 13.2 Å². The lowest BCUT2D eigenvalue weighted by molar-refractivity contribution is 0.139. The fourth-order valence-corrected chi connectivity index (χ4v) is 4.15. The standard InChI is InChI=1S/C14H23N5O3S/c1-16(2)23(21,22)18-8-6-17(7-9-18)11-19-14(20)10-12-4-3-5-13(12)15-19/h10H,3-9,11H2,1-2H3. The van der Waals surface area contributed by atoms with Gasteiger partial charge >= 0.3 is 0 Å². The highest BCUT2D eigenvalue weighted by Crippen LogP contribution is 2.17. The Hall–Kier alpha value is -1.29. The number of piperazine rings is 1. The van der Waals surface area contributed by atoms with Gasteiger partial charge in [-0.3, -0.25) is 9.69 Å². The van der Waals surface area contributed by atoms with Crippen LogP contribution in [-0.2, 0) is 29.7 Å². The van der Waals surface area contributed by atoms with Crippen LogP contribution in [0, 0.1) is 0 Å². The Labute approximate surface area is 136 Å². The molecule has 1 fully saturated rings. The molecule has 0 atom stereocenters. The van der Waals surface area contributed by atoms with Crippen LogP contribution < -0.4 is 5.56 Å². The minimum Gasteiger partial charge on any atom is -0.282 e. The zero-order chi connectivity index (χ0) is 16.6. The number of hydrogen-bond acceptors (Lipinski definition) is 5. The van der Waals surface area contributed by atoms with Gasteiger partial charge in [0, 0.05) is 46.3 Å². The maximum absolute atomic E-state index is 12.1. The summed E-state index contributed by atoms with van der Waals surface area (Å²) in [7, 11) is -0.282. The van der Waals surface area contributed by atoms with E-state index in [-0.39, 0.29) is 5.56 Å². The minimum absolute atomic E-state index is 0.0750. The molecule has 0 amide bonds. The molecule has 128 valence electrons. The van der Waals surface area contributed by atoms with Gasteiger partial charge < -0.3 is 0 Å². The van der Waals surface area contributed by atoms with Crippen LogP contribution in [0.2, 0.25) is 0 Å². The van der Waals surface area contributed by atoms with Gasteiger partial charge in [0.25, 0.3) is 15.8 Å². The van der Waals surface area contributed by atoms with Gasteiger partial charge in [0.2, 0.25) is 0 Å². The molecule has 0 spiro atoms. The zero-order valence-electron chi connectivity index (χ0n) is 13.6. The van der Waals surface area contributed by atoms with Gasteiger partial charge in [-0.1, -0.05) is 0 Å². The second-order valence-corrected chi connectivity index (χ2v) is 8.40. The summed E-state index contributed by atoms with van der Waals surface area (Å²) >= 11 is 0. The largest absolute Gasteiger partial charge is 0.282 e. The summed E-state index contributed by atoms with van der Waals surface area (Å²) in [6.07, 6.45) is 2.94. The minimum atomic E-state index is -3.36. The van der Waals surface area contributed by atoms with Gasteiger partial charge in [0.05, 0.1) is 12.4 Å². The number of nitrogens with zero attached hydrogens (tertiary/aromatic N) is 5. The van der Waals surface area contributed by atoms with Crippen LogP contribution in [0.1, 0.15) is 17.7 Å². The molecule has 1 aliphatic carbocycles. The molecule has 2 aliphatic rings. The highest BCUT2D eigenvalue weighted by Gasteiger charge is 2.28. The number of fused-ring (bicyclic) bond motifs is 1. The van der Waals surface area contributed by atoms with Gasteiger partial charge in [0.1, 0.15) is 0 Å². The summed E-state index contributed by atoms with van der Waals surface area (Å²) in [5.41, 5.74) is 2.03. The number of aromatic nitrogens is 2. The second kappa shape index (κ2) is 6.31. The van der Waals surface area contributed by atoms with Crippen LogP contribution in [-0.4, -0.2) is 72.0 Å². The summed E-state index contributed by atoms with van der Waals surface area (Å²) in [5, 5.41) is 4.47. The van der Waals surface area contributed by atoms with Gasteiger partial charge in [-0.15, -0.1) is 0 Å². The van der Waals surface area contributed by atoms with Gasteiger partial charge in [-0.05, 0) is 24.8 Å². The van der Waals surface area contributed by atoms with Crippen LogP contribution >= 0.6 is 0 Å². The molecule has 2 heterocycles. The van der Waals surface area contributed by atoms with Crippen LogP contribution in [0.3, 0.4) is 0 Å². The van der Waals surface area contributed by atoms with Crippen LogP contribution in [0.15, 0.2) is 10.9 Å². The van der Waals surface area contributed by atoms with Crippen molar-refractivity contribution < 1.29 is 8.42 Å². The van der Waals surface area contributed by atoms with E-state index in [1.165, 1.54) is 27.4 Å². The van der Waals surface area contributed by atoms with Crippen molar-refractivity contribution >= 4 is 10.2 Å². The number of hydrogen-bond donors (Lipinski definition) is 0. The van der Waals surface area contributed by atoms with E-state index >= 15 is 0 Å². The van der Waals surface area contributed by atoms with E-state index in [0.29, 0.717) is 32.8 Å². The SMILES string of the molecule is CN(C)S(=O)(=O)N1CCN(Cn2nc3c(cc2=O)CCC3)CC1. The van der Waals surface area contributed by atoms with Crippen LogP contribution in [0.5, 0.6) is 0 Å². The van der Waals surface area contributed by atoms with E-state index in [1.54, 1.807) is 6.07 Å². The van der Waals surface area contributed by atoms with Crippen molar-refractivity contribution in [2.75, 3.05) is 40.3 Å². The molecule has 1 aromatic heterocycles. The molecular formula is C14H23N5O3S. The van der Waals surface area contributed by atoms with E-state index in [1.807, 2.05) is 0 Å². The Morgan fingerprint density at radius 1 is 1.17 bits per heavy atom. The Balaban J connectivity index is 1.65. The molecule has 0 aromatic carbocycles. The first-order chi connectivity index (χ1) is 10.9. The smallest absolute Gasteiger partial charge is 0.281 e. The summed E-state index contributed by atoms with van der Waals surface area (Å²) in [5.74, 6) is 0. The van der Waals surface area contributed by atoms with Crippen molar-refractivity contribution in [1.82, 2.24) is 23.3 Å². The molecule has 1 aliphatic heterocycles. The topological polar surface area (TPSA) is 78.8 Å². The average molecular weight is 341 g/mol. The molecule has 8 nitrogen and oxygen atoms in total. The van der Waals surface area contributed by atoms with Crippen LogP contribution in [0.4, 0.5) is 0 Å². The first-order valence-corrected chi connectivity index (χ1v) is 9.27. The monoisotopic (exact) mass is 341 g/mol. The molecule has 0 saturated carbocycles. The highest BCUT2D eigenvalue weighted by molar-refractivity contribution is 7.86. The highest BCUT2D eigenvalue weighted by atomic mass is 32.2. The van der Waals surface area contributed by atoms with Crippen molar-refractivity contribution in [1.29, 1.82) is 0 Å². The third-order valence-corrected chi connectivity index (χ3v) is 6.42. The Bertz CT molecular complexity index is 735. The number of rotatable bonds is 4. The van der Waals surface area contributed by atoms with Gasteiger partial charge in [-0.2, -0.15) is 22.1 Å². The van der Waals surface area contributed by atoms with Crippen molar-refractivity contribution in [3.63, 3.8) is 0 Å². The van der Waals surface area contributed by atoms with E-state index < -0.39 is 10.2 Å². The molecule has 23 heavy (non-hydrogen) atoms. The van der Waals surface area contributed by atoms with E-state index in [4.69, 9.17) is 0 Å². The van der Waals surface area contributed by atoms with Gasteiger partial charge in [-0.25, -0.2) is 4.68 Å². The van der Waals surface area contributed by atoms with E-state index in [0.717, 1.165) is 30.5 Å². The molecule has 9 heteroatoms. The lowest BCUT2D eigenvalue weighted by atomic mass is 10.2. The molecule has 1 aromatic rings. The third kappa shape index (κ3) is 3.32. The van der Waals surface area contributed by atoms with Crippen molar-refractivity contribution in [2.24, 2.45) is 0 Å². The summed E-state index contributed by atoms with van der Waals surface area (Å²) < 4.78 is 28.4. The molecular weight excluding hydrogens is 318 g/mol. The summed E-state index contributed by atoms with van der Waals surface area (Å²) in [6.45, 7) is 2.47. The normalized spacial score (nSPS) is 20.1. The fourth-order valence-electron chi connectivity index (χ4n) is 3.06.